The Morgan fingerprint density at radius 3 is 2.94 bits per heavy atom. The van der Waals surface area contributed by atoms with Gasteiger partial charge in [0.15, 0.2) is 4.80 Å². The zero-order chi connectivity index (χ0) is 12.3. The highest BCUT2D eigenvalue weighted by atomic mass is 32.1. The van der Waals surface area contributed by atoms with E-state index in [-0.39, 0.29) is 0 Å². The summed E-state index contributed by atoms with van der Waals surface area (Å²) < 4.78 is 2.09. The van der Waals surface area contributed by atoms with E-state index in [9.17, 15) is 0 Å². The van der Waals surface area contributed by atoms with Gasteiger partial charge in [-0.3, -0.25) is 0 Å². The molecule has 0 saturated carbocycles. The molecule has 1 heterocycles. The Morgan fingerprint density at radius 2 is 2.24 bits per heavy atom. The summed E-state index contributed by atoms with van der Waals surface area (Å²) in [5.41, 5.74) is 3.52. The van der Waals surface area contributed by atoms with Gasteiger partial charge in [-0.1, -0.05) is 23.8 Å². The van der Waals surface area contributed by atoms with Crippen molar-refractivity contribution in [3.63, 3.8) is 0 Å². The van der Waals surface area contributed by atoms with Crippen molar-refractivity contribution in [3.05, 3.63) is 58.4 Å². The third kappa shape index (κ3) is 2.74. The average molecular weight is 244 g/mol. The van der Waals surface area contributed by atoms with Gasteiger partial charge in [0.1, 0.15) is 0 Å². The van der Waals surface area contributed by atoms with Crippen LogP contribution in [-0.2, 0) is 6.54 Å². The smallest absolute Gasteiger partial charge is 0.190 e. The minimum absolute atomic E-state index is 0.799. The van der Waals surface area contributed by atoms with Crippen LogP contribution >= 0.6 is 11.3 Å². The summed E-state index contributed by atoms with van der Waals surface area (Å²) in [6, 6.07) is 6.32. The van der Waals surface area contributed by atoms with E-state index in [4.69, 9.17) is 4.99 Å². The molecule has 0 N–H and O–H groups in total. The standard InChI is InChI=1S/C14H16N2S/c1-4-7-16-8-9-17-14(16)15-13-6-5-11(2)10-12(13)3/h4-6,8-10H,1,7H2,2-3H3. The molecular formula is C14H16N2S. The molecule has 0 bridgehead atoms. The average Bonchev–Trinajstić information content (AvgIpc) is 2.71. The first-order valence-corrected chi connectivity index (χ1v) is 6.45. The lowest BCUT2D eigenvalue weighted by atomic mass is 10.1. The van der Waals surface area contributed by atoms with Crippen LogP contribution in [0.2, 0.25) is 0 Å². The maximum absolute atomic E-state index is 4.69. The first-order chi connectivity index (χ1) is 8.20. The van der Waals surface area contributed by atoms with Crippen LogP contribution in [0.1, 0.15) is 11.1 Å². The molecule has 0 atom stereocenters. The van der Waals surface area contributed by atoms with E-state index >= 15 is 0 Å². The van der Waals surface area contributed by atoms with Crippen LogP contribution in [0.15, 0.2) is 47.4 Å². The molecule has 2 nitrogen and oxygen atoms in total. The Morgan fingerprint density at radius 1 is 1.41 bits per heavy atom. The summed E-state index contributed by atoms with van der Waals surface area (Å²) in [5, 5.41) is 2.05. The molecule has 2 rings (SSSR count). The minimum Gasteiger partial charge on any atom is -0.320 e. The van der Waals surface area contributed by atoms with Crippen LogP contribution in [0.3, 0.4) is 0 Å². The molecule has 17 heavy (non-hydrogen) atoms. The highest BCUT2D eigenvalue weighted by Crippen LogP contribution is 2.18. The topological polar surface area (TPSA) is 17.3 Å². The Balaban J connectivity index is 2.47. The van der Waals surface area contributed by atoms with Crippen LogP contribution in [0.4, 0.5) is 5.69 Å². The summed E-state index contributed by atoms with van der Waals surface area (Å²) in [6.45, 7) is 8.75. The van der Waals surface area contributed by atoms with Crippen molar-refractivity contribution < 1.29 is 0 Å². The molecule has 0 spiro atoms. The summed E-state index contributed by atoms with van der Waals surface area (Å²) in [7, 11) is 0. The molecule has 0 aliphatic heterocycles. The van der Waals surface area contributed by atoms with Crippen molar-refractivity contribution in [2.45, 2.75) is 20.4 Å². The monoisotopic (exact) mass is 244 g/mol. The van der Waals surface area contributed by atoms with Crippen LogP contribution in [-0.4, -0.2) is 4.57 Å². The normalized spacial score (nSPS) is 11.8. The van der Waals surface area contributed by atoms with E-state index in [1.54, 1.807) is 11.3 Å². The van der Waals surface area contributed by atoms with E-state index in [0.29, 0.717) is 0 Å². The van der Waals surface area contributed by atoms with Crippen molar-refractivity contribution in [1.82, 2.24) is 4.57 Å². The molecule has 1 aromatic carbocycles. The first-order valence-electron chi connectivity index (χ1n) is 5.57. The van der Waals surface area contributed by atoms with E-state index in [2.05, 4.69) is 43.2 Å². The van der Waals surface area contributed by atoms with Crippen LogP contribution in [0.25, 0.3) is 0 Å². The number of allylic oxidation sites excluding steroid dienone is 1. The third-order valence-corrected chi connectivity index (χ3v) is 3.35. The molecular weight excluding hydrogens is 228 g/mol. The number of aromatic nitrogens is 1. The van der Waals surface area contributed by atoms with Crippen molar-refractivity contribution in [2.24, 2.45) is 4.99 Å². The number of benzene rings is 1. The predicted octanol–water partition coefficient (Wildman–Crippen LogP) is 3.58. The first kappa shape index (κ1) is 11.9. The summed E-state index contributed by atoms with van der Waals surface area (Å²) in [5.74, 6) is 0. The van der Waals surface area contributed by atoms with Crippen LogP contribution < -0.4 is 4.80 Å². The SMILES string of the molecule is C=CCn1ccsc1=Nc1ccc(C)cc1C. The molecule has 88 valence electrons. The van der Waals surface area contributed by atoms with Gasteiger partial charge in [0.25, 0.3) is 0 Å². The maximum Gasteiger partial charge on any atom is 0.190 e. The molecule has 0 saturated heterocycles. The number of rotatable bonds is 3. The Bertz CT molecular complexity index is 590. The number of aryl methyl sites for hydroxylation is 2. The van der Waals surface area contributed by atoms with Crippen molar-refractivity contribution in [1.29, 1.82) is 0 Å². The van der Waals surface area contributed by atoms with Gasteiger partial charge in [-0.15, -0.1) is 17.9 Å². The van der Waals surface area contributed by atoms with E-state index in [1.165, 1.54) is 11.1 Å². The Kier molecular flexibility index (Phi) is 3.59. The summed E-state index contributed by atoms with van der Waals surface area (Å²) in [6.07, 6.45) is 3.92. The van der Waals surface area contributed by atoms with E-state index in [1.807, 2.05) is 17.7 Å². The largest absolute Gasteiger partial charge is 0.320 e. The third-order valence-electron chi connectivity index (χ3n) is 2.55. The van der Waals surface area contributed by atoms with Crippen molar-refractivity contribution >= 4 is 17.0 Å². The molecule has 0 fully saturated rings. The van der Waals surface area contributed by atoms with Gasteiger partial charge >= 0.3 is 0 Å². The van der Waals surface area contributed by atoms with Gasteiger partial charge in [0, 0.05) is 18.1 Å². The highest BCUT2D eigenvalue weighted by Gasteiger charge is 1.98. The molecule has 1 aromatic heterocycles. The second-order valence-electron chi connectivity index (χ2n) is 4.03. The van der Waals surface area contributed by atoms with E-state index in [0.717, 1.165) is 17.0 Å². The van der Waals surface area contributed by atoms with E-state index < -0.39 is 0 Å². The fourth-order valence-corrected chi connectivity index (χ4v) is 2.45. The maximum atomic E-state index is 4.69. The van der Waals surface area contributed by atoms with Crippen LogP contribution in [0, 0.1) is 13.8 Å². The zero-order valence-corrected chi connectivity index (χ0v) is 11.0. The van der Waals surface area contributed by atoms with Gasteiger partial charge in [0.05, 0.1) is 5.69 Å². The Labute approximate surface area is 106 Å². The number of thiazole rings is 1. The molecule has 3 heteroatoms. The summed E-state index contributed by atoms with van der Waals surface area (Å²) in [4.78, 5) is 5.71. The summed E-state index contributed by atoms with van der Waals surface area (Å²) >= 11 is 1.65. The highest BCUT2D eigenvalue weighted by molar-refractivity contribution is 7.07. The lowest BCUT2D eigenvalue weighted by molar-refractivity contribution is 0.791. The predicted molar refractivity (Wildman–Crippen MR) is 73.6 cm³/mol. The van der Waals surface area contributed by atoms with Crippen LogP contribution in [0.5, 0.6) is 0 Å². The minimum atomic E-state index is 0.799. The lowest BCUT2D eigenvalue weighted by Gasteiger charge is -2.01. The molecule has 0 unspecified atom stereocenters. The fraction of sp³-hybridized carbons (Fsp3) is 0.214. The molecule has 0 aliphatic rings. The molecule has 0 aliphatic carbocycles. The second-order valence-corrected chi connectivity index (χ2v) is 4.90. The van der Waals surface area contributed by atoms with Crippen molar-refractivity contribution in [3.8, 4) is 0 Å². The molecule has 0 radical (unpaired) electrons. The van der Waals surface area contributed by atoms with Gasteiger partial charge in [0.2, 0.25) is 0 Å². The quantitative estimate of drug-likeness (QED) is 0.734. The van der Waals surface area contributed by atoms with Gasteiger partial charge < -0.3 is 4.57 Å². The van der Waals surface area contributed by atoms with Crippen molar-refractivity contribution in [2.75, 3.05) is 0 Å². The van der Waals surface area contributed by atoms with Gasteiger partial charge in [-0.05, 0) is 25.5 Å². The molecule has 0 amide bonds. The Hall–Kier alpha value is -1.61. The molecule has 2 aromatic rings. The van der Waals surface area contributed by atoms with Gasteiger partial charge in [-0.25, -0.2) is 4.99 Å². The number of hydrogen-bond acceptors (Lipinski definition) is 2. The number of nitrogens with zero attached hydrogens (tertiary/aromatic N) is 2. The van der Waals surface area contributed by atoms with Gasteiger partial charge in [-0.2, -0.15) is 0 Å². The second kappa shape index (κ2) is 5.15. The number of hydrogen-bond donors (Lipinski definition) is 0. The fourth-order valence-electron chi connectivity index (χ4n) is 1.70. The zero-order valence-electron chi connectivity index (χ0n) is 10.2. The lowest BCUT2D eigenvalue weighted by Crippen LogP contribution is -2.12.